The van der Waals surface area contributed by atoms with Gasteiger partial charge in [-0.25, -0.2) is 4.39 Å². The van der Waals surface area contributed by atoms with Gasteiger partial charge in [0.25, 0.3) is 0 Å². The van der Waals surface area contributed by atoms with Crippen LogP contribution in [0.3, 0.4) is 0 Å². The van der Waals surface area contributed by atoms with Gasteiger partial charge >= 0.3 is 0 Å². The molecule has 0 radical (unpaired) electrons. The van der Waals surface area contributed by atoms with Gasteiger partial charge in [0, 0.05) is 22.3 Å². The van der Waals surface area contributed by atoms with Crippen molar-refractivity contribution in [2.24, 2.45) is 0 Å². The molecule has 0 saturated heterocycles. The normalized spacial score (nSPS) is 10.5. The molecule has 1 aromatic carbocycles. The standard InChI is InChI=1S/C11H5Cl3FN/c12-6-1-2-7(8(13)3-6)11-9(14)4-16-5-10(11)15/h1-5H. The first-order chi connectivity index (χ1) is 7.59. The predicted octanol–water partition coefficient (Wildman–Crippen LogP) is 4.85. The molecule has 5 heteroatoms. The average molecular weight is 277 g/mol. The number of rotatable bonds is 1. The smallest absolute Gasteiger partial charge is 0.150 e. The monoisotopic (exact) mass is 275 g/mol. The molecule has 0 saturated carbocycles. The van der Waals surface area contributed by atoms with Crippen molar-refractivity contribution in [1.29, 1.82) is 0 Å². The number of hydrogen-bond donors (Lipinski definition) is 0. The third-order valence-electron chi connectivity index (χ3n) is 2.05. The lowest BCUT2D eigenvalue weighted by Crippen LogP contribution is -1.88. The van der Waals surface area contributed by atoms with Crippen LogP contribution in [0.15, 0.2) is 30.6 Å². The van der Waals surface area contributed by atoms with Crippen molar-refractivity contribution in [1.82, 2.24) is 4.98 Å². The zero-order valence-corrected chi connectivity index (χ0v) is 10.1. The highest BCUT2D eigenvalue weighted by Gasteiger charge is 2.13. The number of benzene rings is 1. The average Bonchev–Trinajstić information content (AvgIpc) is 2.20. The molecule has 1 heterocycles. The van der Waals surface area contributed by atoms with Gasteiger partial charge in [0.2, 0.25) is 0 Å². The van der Waals surface area contributed by atoms with Crippen LogP contribution in [0.1, 0.15) is 0 Å². The van der Waals surface area contributed by atoms with Gasteiger partial charge in [-0.15, -0.1) is 0 Å². The molecule has 2 rings (SSSR count). The van der Waals surface area contributed by atoms with E-state index in [-0.39, 0.29) is 10.6 Å². The summed E-state index contributed by atoms with van der Waals surface area (Å²) in [7, 11) is 0. The molecular formula is C11H5Cl3FN. The van der Waals surface area contributed by atoms with Gasteiger partial charge in [-0.05, 0) is 12.1 Å². The van der Waals surface area contributed by atoms with E-state index in [1.54, 1.807) is 12.1 Å². The molecule has 0 atom stereocenters. The second-order valence-electron chi connectivity index (χ2n) is 3.10. The molecule has 0 fully saturated rings. The number of aromatic nitrogens is 1. The lowest BCUT2D eigenvalue weighted by Gasteiger charge is -2.07. The lowest BCUT2D eigenvalue weighted by atomic mass is 10.1. The van der Waals surface area contributed by atoms with E-state index in [9.17, 15) is 4.39 Å². The Morgan fingerprint density at radius 3 is 2.38 bits per heavy atom. The maximum absolute atomic E-state index is 13.6. The number of nitrogens with zero attached hydrogens (tertiary/aromatic N) is 1. The third-order valence-corrected chi connectivity index (χ3v) is 2.89. The van der Waals surface area contributed by atoms with Gasteiger partial charge in [-0.2, -0.15) is 0 Å². The highest BCUT2D eigenvalue weighted by atomic mass is 35.5. The van der Waals surface area contributed by atoms with Crippen LogP contribution in [0.2, 0.25) is 15.1 Å². The van der Waals surface area contributed by atoms with Gasteiger partial charge in [0.1, 0.15) is 0 Å². The van der Waals surface area contributed by atoms with Crippen molar-refractivity contribution in [2.75, 3.05) is 0 Å². The highest BCUT2D eigenvalue weighted by Crippen LogP contribution is 2.35. The van der Waals surface area contributed by atoms with Gasteiger partial charge in [0.15, 0.2) is 5.82 Å². The Kier molecular flexibility index (Phi) is 3.33. The quantitative estimate of drug-likeness (QED) is 0.725. The summed E-state index contributed by atoms with van der Waals surface area (Å²) in [5.74, 6) is -0.517. The molecule has 82 valence electrons. The molecule has 0 aliphatic carbocycles. The van der Waals surface area contributed by atoms with Crippen molar-refractivity contribution < 1.29 is 4.39 Å². The molecule has 2 aromatic rings. The van der Waals surface area contributed by atoms with Crippen LogP contribution in [0.5, 0.6) is 0 Å². The molecule has 0 N–H and O–H groups in total. The van der Waals surface area contributed by atoms with Gasteiger partial charge in [0.05, 0.1) is 16.2 Å². The maximum atomic E-state index is 13.6. The van der Waals surface area contributed by atoms with Crippen LogP contribution in [0, 0.1) is 5.82 Å². The summed E-state index contributed by atoms with van der Waals surface area (Å²) >= 11 is 17.6. The van der Waals surface area contributed by atoms with Crippen LogP contribution < -0.4 is 0 Å². The van der Waals surface area contributed by atoms with Gasteiger partial charge in [-0.3, -0.25) is 4.98 Å². The topological polar surface area (TPSA) is 12.9 Å². The molecule has 1 nitrogen and oxygen atoms in total. The Hall–Kier alpha value is -0.830. The second kappa shape index (κ2) is 4.58. The summed E-state index contributed by atoms with van der Waals surface area (Å²) in [6.45, 7) is 0. The van der Waals surface area contributed by atoms with E-state index in [2.05, 4.69) is 4.98 Å². The largest absolute Gasteiger partial charge is 0.260 e. The summed E-state index contributed by atoms with van der Waals surface area (Å²) in [6.07, 6.45) is 2.46. The zero-order valence-electron chi connectivity index (χ0n) is 7.85. The Balaban J connectivity index is 2.68. The molecule has 0 aliphatic heterocycles. The second-order valence-corrected chi connectivity index (χ2v) is 4.35. The van der Waals surface area contributed by atoms with Crippen molar-refractivity contribution in [3.05, 3.63) is 51.5 Å². The lowest BCUT2D eigenvalue weighted by molar-refractivity contribution is 0.625. The van der Waals surface area contributed by atoms with Crippen LogP contribution in [-0.2, 0) is 0 Å². The molecule has 0 aliphatic rings. The van der Waals surface area contributed by atoms with E-state index >= 15 is 0 Å². The molecule has 16 heavy (non-hydrogen) atoms. The third kappa shape index (κ3) is 2.14. The summed E-state index contributed by atoms with van der Waals surface area (Å²) in [6, 6.07) is 4.78. The van der Waals surface area contributed by atoms with Crippen molar-refractivity contribution in [3.8, 4) is 11.1 Å². The summed E-state index contributed by atoms with van der Waals surface area (Å²) in [5.41, 5.74) is 0.731. The van der Waals surface area contributed by atoms with E-state index in [1.807, 2.05) is 0 Å². The van der Waals surface area contributed by atoms with Crippen LogP contribution in [-0.4, -0.2) is 4.98 Å². The maximum Gasteiger partial charge on any atom is 0.150 e. The van der Waals surface area contributed by atoms with E-state index in [1.165, 1.54) is 12.3 Å². The molecule has 0 spiro atoms. The number of hydrogen-bond acceptors (Lipinski definition) is 1. The van der Waals surface area contributed by atoms with E-state index in [0.717, 1.165) is 6.20 Å². The molecule has 0 bridgehead atoms. The summed E-state index contributed by atoms with van der Waals surface area (Å²) in [4.78, 5) is 3.64. The summed E-state index contributed by atoms with van der Waals surface area (Å²) < 4.78 is 13.6. The first-order valence-corrected chi connectivity index (χ1v) is 5.47. The molecule has 1 aromatic heterocycles. The van der Waals surface area contributed by atoms with Gasteiger partial charge < -0.3 is 0 Å². The first-order valence-electron chi connectivity index (χ1n) is 4.34. The Bertz CT molecular complexity index is 522. The van der Waals surface area contributed by atoms with Crippen molar-refractivity contribution in [3.63, 3.8) is 0 Å². The fourth-order valence-electron chi connectivity index (χ4n) is 1.36. The molecule has 0 amide bonds. The van der Waals surface area contributed by atoms with E-state index in [4.69, 9.17) is 34.8 Å². The zero-order chi connectivity index (χ0) is 11.7. The first kappa shape index (κ1) is 11.6. The predicted molar refractivity (Wildman–Crippen MR) is 64.7 cm³/mol. The van der Waals surface area contributed by atoms with E-state index in [0.29, 0.717) is 15.6 Å². The summed E-state index contributed by atoms with van der Waals surface area (Å²) in [5, 5.41) is 1.04. The Morgan fingerprint density at radius 1 is 1.00 bits per heavy atom. The minimum Gasteiger partial charge on any atom is -0.260 e. The Labute approximate surface area is 107 Å². The highest BCUT2D eigenvalue weighted by molar-refractivity contribution is 6.38. The fourth-order valence-corrected chi connectivity index (χ4v) is 2.11. The SMILES string of the molecule is Fc1cncc(Cl)c1-c1ccc(Cl)cc1Cl. The number of pyridine rings is 1. The fraction of sp³-hybridized carbons (Fsp3) is 0. The van der Waals surface area contributed by atoms with Crippen LogP contribution in [0.25, 0.3) is 11.1 Å². The van der Waals surface area contributed by atoms with Crippen LogP contribution >= 0.6 is 34.8 Å². The molecular weight excluding hydrogens is 271 g/mol. The van der Waals surface area contributed by atoms with Gasteiger partial charge in [-0.1, -0.05) is 40.9 Å². The van der Waals surface area contributed by atoms with Crippen molar-refractivity contribution in [2.45, 2.75) is 0 Å². The number of halogens is 4. The van der Waals surface area contributed by atoms with Crippen LogP contribution in [0.4, 0.5) is 4.39 Å². The Morgan fingerprint density at radius 2 is 1.75 bits per heavy atom. The van der Waals surface area contributed by atoms with E-state index < -0.39 is 5.82 Å². The van der Waals surface area contributed by atoms with Crippen molar-refractivity contribution >= 4 is 34.8 Å². The minimum atomic E-state index is -0.517. The molecule has 0 unspecified atom stereocenters. The minimum absolute atomic E-state index is 0.212.